The number of nitrogens with zero attached hydrogens (tertiary/aromatic N) is 2. The number of carbonyl (C=O) groups excluding carboxylic acids is 1. The highest BCUT2D eigenvalue weighted by atomic mass is 35.5. The molecule has 1 atom stereocenters. The summed E-state index contributed by atoms with van der Waals surface area (Å²) in [5, 5.41) is 5.59. The summed E-state index contributed by atoms with van der Waals surface area (Å²) in [5.41, 5.74) is 0.987. The van der Waals surface area contributed by atoms with Crippen LogP contribution in [0.5, 0.6) is 0 Å². The second-order valence-electron chi connectivity index (χ2n) is 7.32. The molecule has 154 valence electrons. The first-order valence-electron chi connectivity index (χ1n) is 10.3. The summed E-state index contributed by atoms with van der Waals surface area (Å²) >= 11 is 1.83. The minimum absolute atomic E-state index is 0. The average molecular weight is 422 g/mol. The van der Waals surface area contributed by atoms with Crippen LogP contribution in [0, 0.1) is 0 Å². The summed E-state index contributed by atoms with van der Waals surface area (Å²) in [4.78, 5) is 21.0. The average Bonchev–Trinajstić information content (AvgIpc) is 3.07. The summed E-state index contributed by atoms with van der Waals surface area (Å²) in [6.07, 6.45) is 10.1. The zero-order chi connectivity index (χ0) is 18.7. The minimum atomic E-state index is 0. The maximum atomic E-state index is 13.0. The first kappa shape index (κ1) is 22.9. The van der Waals surface area contributed by atoms with E-state index in [9.17, 15) is 4.79 Å². The van der Waals surface area contributed by atoms with Crippen molar-refractivity contribution in [1.29, 1.82) is 0 Å². The highest BCUT2D eigenvalue weighted by molar-refractivity contribution is 7.09. The lowest BCUT2D eigenvalue weighted by Crippen LogP contribution is -2.40. The molecule has 2 aromatic rings. The molecule has 1 saturated heterocycles. The monoisotopic (exact) mass is 421 g/mol. The van der Waals surface area contributed by atoms with Gasteiger partial charge in [-0.3, -0.25) is 9.78 Å². The number of aryl methyl sites for hydroxylation is 1. The molecule has 3 heterocycles. The van der Waals surface area contributed by atoms with Crippen molar-refractivity contribution in [2.75, 3.05) is 13.1 Å². The topological polar surface area (TPSA) is 45.2 Å². The molecule has 0 aromatic carbocycles. The molecule has 1 N–H and O–H groups in total. The number of hydrogen-bond donors (Lipinski definition) is 1. The van der Waals surface area contributed by atoms with Crippen molar-refractivity contribution in [3.63, 3.8) is 0 Å². The molecule has 0 aliphatic carbocycles. The lowest BCUT2D eigenvalue weighted by atomic mass is 10.0. The second kappa shape index (κ2) is 12.9. The standard InChI is InChI=1S/C22H31N3OS.ClH/c26-22(12-3-1-2-10-21-11-7-17-27-21)25(18-19-8-4-5-15-24-19)20-9-6-14-23-16-13-20;/h4-5,7-8,11,15,17,20,23H,1-3,6,9-10,12-14,16,18H2;1H. The highest BCUT2D eigenvalue weighted by Gasteiger charge is 2.24. The summed E-state index contributed by atoms with van der Waals surface area (Å²) in [6.45, 7) is 2.70. The number of hydrogen-bond acceptors (Lipinski definition) is 4. The van der Waals surface area contributed by atoms with Gasteiger partial charge in [0.2, 0.25) is 5.91 Å². The molecule has 28 heavy (non-hydrogen) atoms. The van der Waals surface area contributed by atoms with E-state index in [1.807, 2.05) is 35.7 Å². The molecule has 1 fully saturated rings. The van der Waals surface area contributed by atoms with E-state index in [1.165, 1.54) is 11.3 Å². The first-order valence-corrected chi connectivity index (χ1v) is 11.1. The van der Waals surface area contributed by atoms with E-state index in [0.717, 1.165) is 57.3 Å². The van der Waals surface area contributed by atoms with Crippen molar-refractivity contribution in [2.24, 2.45) is 0 Å². The lowest BCUT2D eigenvalue weighted by Gasteiger charge is -2.31. The summed E-state index contributed by atoms with van der Waals surface area (Å²) in [6, 6.07) is 10.6. The third-order valence-corrected chi connectivity index (χ3v) is 6.19. The van der Waals surface area contributed by atoms with Gasteiger partial charge in [0.15, 0.2) is 0 Å². The van der Waals surface area contributed by atoms with E-state index in [-0.39, 0.29) is 12.4 Å². The number of halogens is 1. The number of amides is 1. The van der Waals surface area contributed by atoms with Gasteiger partial charge in [-0.2, -0.15) is 0 Å². The number of carbonyl (C=O) groups is 1. The maximum absolute atomic E-state index is 13.0. The Morgan fingerprint density at radius 3 is 2.86 bits per heavy atom. The molecule has 0 bridgehead atoms. The van der Waals surface area contributed by atoms with Crippen molar-refractivity contribution >= 4 is 29.7 Å². The molecule has 0 saturated carbocycles. The molecular weight excluding hydrogens is 390 g/mol. The van der Waals surface area contributed by atoms with Gasteiger partial charge in [0.25, 0.3) is 0 Å². The molecule has 3 rings (SSSR count). The van der Waals surface area contributed by atoms with Crippen LogP contribution in [0.2, 0.25) is 0 Å². The van der Waals surface area contributed by atoms with Gasteiger partial charge in [0, 0.05) is 23.5 Å². The van der Waals surface area contributed by atoms with Crippen LogP contribution in [-0.4, -0.2) is 34.9 Å². The van der Waals surface area contributed by atoms with Crippen molar-refractivity contribution in [3.05, 3.63) is 52.5 Å². The fraction of sp³-hybridized carbons (Fsp3) is 0.545. The SMILES string of the molecule is Cl.O=C(CCCCCc1cccs1)N(Cc1ccccn1)C1CCCNCC1. The van der Waals surface area contributed by atoms with Crippen LogP contribution in [-0.2, 0) is 17.8 Å². The fourth-order valence-corrected chi connectivity index (χ4v) is 4.50. The number of rotatable bonds is 9. The van der Waals surface area contributed by atoms with Gasteiger partial charge in [-0.1, -0.05) is 18.6 Å². The van der Waals surface area contributed by atoms with Crippen LogP contribution in [0.3, 0.4) is 0 Å². The Morgan fingerprint density at radius 1 is 1.14 bits per heavy atom. The largest absolute Gasteiger partial charge is 0.334 e. The van der Waals surface area contributed by atoms with Crippen LogP contribution in [0.25, 0.3) is 0 Å². The van der Waals surface area contributed by atoms with Crippen LogP contribution < -0.4 is 5.32 Å². The summed E-state index contributed by atoms with van der Waals surface area (Å²) < 4.78 is 0. The Bertz CT molecular complexity index is 658. The zero-order valence-corrected chi connectivity index (χ0v) is 18.1. The quantitative estimate of drug-likeness (QED) is 0.589. The molecule has 0 radical (unpaired) electrons. The molecule has 4 nitrogen and oxygen atoms in total. The lowest BCUT2D eigenvalue weighted by molar-refractivity contribution is -0.134. The Morgan fingerprint density at radius 2 is 2.07 bits per heavy atom. The second-order valence-corrected chi connectivity index (χ2v) is 8.35. The van der Waals surface area contributed by atoms with E-state index in [4.69, 9.17) is 0 Å². The van der Waals surface area contributed by atoms with Crippen LogP contribution >= 0.6 is 23.7 Å². The van der Waals surface area contributed by atoms with Crippen molar-refractivity contribution < 1.29 is 4.79 Å². The van der Waals surface area contributed by atoms with Gasteiger partial charge in [-0.15, -0.1) is 23.7 Å². The molecule has 1 aliphatic rings. The van der Waals surface area contributed by atoms with Crippen LogP contribution in [0.1, 0.15) is 55.5 Å². The number of thiophene rings is 1. The fourth-order valence-electron chi connectivity index (χ4n) is 3.75. The van der Waals surface area contributed by atoms with E-state index < -0.39 is 0 Å². The van der Waals surface area contributed by atoms with E-state index >= 15 is 0 Å². The number of nitrogens with one attached hydrogen (secondary N) is 1. The normalized spacial score (nSPS) is 16.8. The van der Waals surface area contributed by atoms with Crippen molar-refractivity contribution in [2.45, 2.75) is 64.0 Å². The molecule has 1 aliphatic heterocycles. The smallest absolute Gasteiger partial charge is 0.223 e. The molecule has 1 amide bonds. The molecule has 6 heteroatoms. The van der Waals surface area contributed by atoms with E-state index in [2.05, 4.69) is 32.7 Å². The van der Waals surface area contributed by atoms with Gasteiger partial charge in [0.1, 0.15) is 0 Å². The minimum Gasteiger partial charge on any atom is -0.334 e. The zero-order valence-electron chi connectivity index (χ0n) is 16.5. The van der Waals surface area contributed by atoms with Gasteiger partial charge < -0.3 is 10.2 Å². The number of aromatic nitrogens is 1. The first-order chi connectivity index (χ1) is 13.3. The van der Waals surface area contributed by atoms with E-state index in [1.54, 1.807) is 0 Å². The summed E-state index contributed by atoms with van der Waals surface area (Å²) in [5.74, 6) is 0.295. The third kappa shape index (κ3) is 7.53. The van der Waals surface area contributed by atoms with Crippen molar-refractivity contribution in [3.8, 4) is 0 Å². The Kier molecular flexibility index (Phi) is 10.5. The van der Waals surface area contributed by atoms with Crippen LogP contribution in [0.4, 0.5) is 0 Å². The van der Waals surface area contributed by atoms with Crippen LogP contribution in [0.15, 0.2) is 41.9 Å². The van der Waals surface area contributed by atoms with Crippen molar-refractivity contribution in [1.82, 2.24) is 15.2 Å². The predicted octanol–water partition coefficient (Wildman–Crippen LogP) is 4.84. The molecule has 1 unspecified atom stereocenters. The Balaban J connectivity index is 0.00000280. The number of unbranched alkanes of at least 4 members (excludes halogenated alkanes) is 2. The number of pyridine rings is 1. The Hall–Kier alpha value is -1.43. The van der Waals surface area contributed by atoms with E-state index in [0.29, 0.717) is 24.9 Å². The third-order valence-electron chi connectivity index (χ3n) is 5.26. The van der Waals surface area contributed by atoms with Gasteiger partial charge in [0.05, 0.1) is 12.2 Å². The van der Waals surface area contributed by atoms with Gasteiger partial charge >= 0.3 is 0 Å². The van der Waals surface area contributed by atoms with Gasteiger partial charge in [-0.25, -0.2) is 0 Å². The molecule has 0 spiro atoms. The predicted molar refractivity (Wildman–Crippen MR) is 119 cm³/mol. The highest BCUT2D eigenvalue weighted by Crippen LogP contribution is 2.19. The summed E-state index contributed by atoms with van der Waals surface area (Å²) in [7, 11) is 0. The van der Waals surface area contributed by atoms with Gasteiger partial charge in [-0.05, 0) is 75.2 Å². The maximum Gasteiger partial charge on any atom is 0.223 e. The Labute approximate surface area is 179 Å². The molecule has 2 aromatic heterocycles. The molecular formula is C22H32ClN3OS.